The van der Waals surface area contributed by atoms with Gasteiger partial charge in [0, 0.05) is 18.8 Å². The van der Waals surface area contributed by atoms with Crippen LogP contribution in [0.4, 0.5) is 0 Å². The Morgan fingerprint density at radius 1 is 1.08 bits per heavy atom. The minimum atomic E-state index is -0.0905. The number of hydrogen-bond donors (Lipinski definition) is 0. The number of carbonyl (C=O) groups is 1. The first-order valence-corrected chi connectivity index (χ1v) is 10.4. The summed E-state index contributed by atoms with van der Waals surface area (Å²) < 4.78 is 17.6. The molecule has 0 bridgehead atoms. The zero-order chi connectivity index (χ0) is 17.9. The molecule has 1 aliphatic heterocycles. The van der Waals surface area contributed by atoms with Gasteiger partial charge in [0.05, 0.1) is 12.4 Å². The monoisotopic (exact) mass is 352 g/mol. The van der Waals surface area contributed by atoms with Crippen molar-refractivity contribution in [3.05, 3.63) is 11.8 Å². The quantitative estimate of drug-likeness (QED) is 0.295. The molecule has 25 heavy (non-hydrogen) atoms. The molecule has 1 aliphatic carbocycles. The summed E-state index contributed by atoms with van der Waals surface area (Å²) in [5.41, 5.74) is 0. The Kier molecular flexibility index (Phi) is 9.38. The van der Waals surface area contributed by atoms with E-state index in [2.05, 4.69) is 13.0 Å². The fraction of sp³-hybridized carbons (Fsp3) is 0.857. The molecule has 1 heterocycles. The van der Waals surface area contributed by atoms with Crippen molar-refractivity contribution in [2.24, 2.45) is 5.92 Å². The second kappa shape index (κ2) is 11.6. The third kappa shape index (κ3) is 7.39. The fourth-order valence-electron chi connectivity index (χ4n) is 3.66. The van der Waals surface area contributed by atoms with Gasteiger partial charge in [-0.25, -0.2) is 0 Å². The van der Waals surface area contributed by atoms with Crippen molar-refractivity contribution in [3.8, 4) is 0 Å². The molecule has 144 valence electrons. The zero-order valence-electron chi connectivity index (χ0n) is 16.1. The first-order chi connectivity index (χ1) is 12.2. The van der Waals surface area contributed by atoms with E-state index in [1.54, 1.807) is 0 Å². The highest BCUT2D eigenvalue weighted by Gasteiger charge is 2.32. The summed E-state index contributed by atoms with van der Waals surface area (Å²) in [6.45, 7) is 4.89. The van der Waals surface area contributed by atoms with Gasteiger partial charge in [-0.2, -0.15) is 0 Å². The molecule has 2 fully saturated rings. The highest BCUT2D eigenvalue weighted by molar-refractivity contribution is 5.69. The fourth-order valence-corrected chi connectivity index (χ4v) is 3.66. The van der Waals surface area contributed by atoms with E-state index in [1.165, 1.54) is 32.1 Å². The lowest BCUT2D eigenvalue weighted by atomic mass is 10.0. The van der Waals surface area contributed by atoms with Gasteiger partial charge in [0.15, 0.2) is 6.29 Å². The molecule has 0 aromatic carbocycles. The first-order valence-electron chi connectivity index (χ1n) is 10.4. The highest BCUT2D eigenvalue weighted by atomic mass is 16.7. The molecule has 0 spiro atoms. The molecule has 0 radical (unpaired) electrons. The Hall–Kier alpha value is -1.03. The Morgan fingerprint density at radius 2 is 1.96 bits per heavy atom. The van der Waals surface area contributed by atoms with Gasteiger partial charge in [0.1, 0.15) is 6.10 Å². The Labute approximate surface area is 153 Å². The molecule has 0 aromatic heterocycles. The van der Waals surface area contributed by atoms with Crippen LogP contribution in [0.5, 0.6) is 0 Å². The van der Waals surface area contributed by atoms with Crippen molar-refractivity contribution in [2.45, 2.75) is 103 Å². The average molecular weight is 353 g/mol. The van der Waals surface area contributed by atoms with Crippen LogP contribution in [0, 0.1) is 5.92 Å². The van der Waals surface area contributed by atoms with E-state index in [9.17, 15) is 4.79 Å². The number of unbranched alkanes of at least 4 members (excludes halogenated alkanes) is 4. The zero-order valence-corrected chi connectivity index (χ0v) is 16.1. The van der Waals surface area contributed by atoms with Crippen LogP contribution in [0.1, 0.15) is 90.9 Å². The van der Waals surface area contributed by atoms with Gasteiger partial charge in [-0.15, -0.1) is 0 Å². The molecule has 0 aromatic rings. The topological polar surface area (TPSA) is 44.8 Å². The minimum Gasteiger partial charge on any atom is -0.469 e. The predicted octanol–water partition coefficient (Wildman–Crippen LogP) is 5.51. The number of hydrogen-bond acceptors (Lipinski definition) is 4. The molecule has 4 nitrogen and oxygen atoms in total. The van der Waals surface area contributed by atoms with Crippen LogP contribution in [0.25, 0.3) is 0 Å². The largest absolute Gasteiger partial charge is 0.469 e. The van der Waals surface area contributed by atoms with E-state index in [1.807, 2.05) is 6.92 Å². The lowest BCUT2D eigenvalue weighted by Gasteiger charge is -2.27. The van der Waals surface area contributed by atoms with Crippen LogP contribution < -0.4 is 0 Å². The lowest BCUT2D eigenvalue weighted by molar-refractivity contribution is -0.150. The van der Waals surface area contributed by atoms with E-state index in [4.69, 9.17) is 14.2 Å². The molecule has 3 unspecified atom stereocenters. The average Bonchev–Trinajstić information content (AvgIpc) is 3.09. The maximum absolute atomic E-state index is 11.5. The van der Waals surface area contributed by atoms with E-state index >= 15 is 0 Å². The molecular weight excluding hydrogens is 316 g/mol. The number of ether oxygens (including phenoxy) is 3. The van der Waals surface area contributed by atoms with E-state index in [0.717, 1.165) is 50.9 Å². The summed E-state index contributed by atoms with van der Waals surface area (Å²) in [6.07, 6.45) is 15.0. The SMILES string of the molecule is CCCCCCC=C(OC1CCCCO1)C1CCC(OC(=O)CC)C1. The van der Waals surface area contributed by atoms with Crippen molar-refractivity contribution < 1.29 is 19.0 Å². The van der Waals surface area contributed by atoms with Gasteiger partial charge in [-0.1, -0.05) is 33.1 Å². The minimum absolute atomic E-state index is 0.0526. The van der Waals surface area contributed by atoms with Crippen LogP contribution in [0.15, 0.2) is 11.8 Å². The number of allylic oxidation sites excluding steroid dienone is 2. The molecular formula is C21H36O4. The summed E-state index contributed by atoms with van der Waals surface area (Å²) in [7, 11) is 0. The van der Waals surface area contributed by atoms with E-state index in [0.29, 0.717) is 12.3 Å². The summed E-state index contributed by atoms with van der Waals surface area (Å²) in [4.78, 5) is 11.5. The molecule has 1 saturated carbocycles. The van der Waals surface area contributed by atoms with Crippen LogP contribution in [-0.2, 0) is 19.0 Å². The normalized spacial score (nSPS) is 27.3. The van der Waals surface area contributed by atoms with Crippen LogP contribution in [0.3, 0.4) is 0 Å². The number of carbonyl (C=O) groups excluding carboxylic acids is 1. The van der Waals surface area contributed by atoms with Crippen LogP contribution in [-0.4, -0.2) is 25.0 Å². The molecule has 0 amide bonds. The van der Waals surface area contributed by atoms with Gasteiger partial charge in [-0.3, -0.25) is 4.79 Å². The van der Waals surface area contributed by atoms with Gasteiger partial charge in [-0.05, 0) is 51.0 Å². The first kappa shape index (κ1) is 20.3. The summed E-state index contributed by atoms with van der Waals surface area (Å²) >= 11 is 0. The van der Waals surface area contributed by atoms with E-state index in [-0.39, 0.29) is 18.4 Å². The van der Waals surface area contributed by atoms with Gasteiger partial charge < -0.3 is 14.2 Å². The summed E-state index contributed by atoms with van der Waals surface area (Å²) in [5, 5.41) is 0. The standard InChI is InChI=1S/C21H36O4/c1-3-5-6-7-8-11-19(25-21-12-9-10-15-23-21)17-13-14-18(16-17)24-20(22)4-2/h11,17-18,21H,3-10,12-16H2,1-2H3. The smallest absolute Gasteiger partial charge is 0.305 e. The van der Waals surface area contributed by atoms with Crippen molar-refractivity contribution in [1.29, 1.82) is 0 Å². The highest BCUT2D eigenvalue weighted by Crippen LogP contribution is 2.35. The Morgan fingerprint density at radius 3 is 2.68 bits per heavy atom. The Balaban J connectivity index is 1.88. The lowest BCUT2D eigenvalue weighted by Crippen LogP contribution is -2.24. The summed E-state index contributed by atoms with van der Waals surface area (Å²) in [5.74, 6) is 1.36. The summed E-state index contributed by atoms with van der Waals surface area (Å²) in [6, 6.07) is 0. The molecule has 4 heteroatoms. The van der Waals surface area contributed by atoms with Crippen molar-refractivity contribution >= 4 is 5.97 Å². The van der Waals surface area contributed by atoms with Crippen molar-refractivity contribution in [2.75, 3.05) is 6.61 Å². The van der Waals surface area contributed by atoms with Crippen molar-refractivity contribution in [3.63, 3.8) is 0 Å². The second-order valence-corrected chi connectivity index (χ2v) is 7.35. The Bertz CT molecular complexity index is 412. The van der Waals surface area contributed by atoms with Crippen molar-refractivity contribution in [1.82, 2.24) is 0 Å². The van der Waals surface area contributed by atoms with Gasteiger partial charge in [0.25, 0.3) is 0 Å². The van der Waals surface area contributed by atoms with Gasteiger partial charge in [0.2, 0.25) is 0 Å². The second-order valence-electron chi connectivity index (χ2n) is 7.35. The van der Waals surface area contributed by atoms with Gasteiger partial charge >= 0.3 is 5.97 Å². The molecule has 0 N–H and O–H groups in total. The molecule has 2 rings (SSSR count). The van der Waals surface area contributed by atoms with Crippen LogP contribution in [0.2, 0.25) is 0 Å². The molecule has 3 atom stereocenters. The number of rotatable bonds is 10. The maximum atomic E-state index is 11.5. The molecule has 2 aliphatic rings. The van der Waals surface area contributed by atoms with Crippen LogP contribution >= 0.6 is 0 Å². The number of esters is 1. The predicted molar refractivity (Wildman–Crippen MR) is 99.0 cm³/mol. The molecule has 1 saturated heterocycles. The third-order valence-electron chi connectivity index (χ3n) is 5.18. The third-order valence-corrected chi connectivity index (χ3v) is 5.18. The maximum Gasteiger partial charge on any atom is 0.305 e. The van der Waals surface area contributed by atoms with E-state index < -0.39 is 0 Å².